The lowest BCUT2D eigenvalue weighted by molar-refractivity contribution is 0.00752. The van der Waals surface area contributed by atoms with Gasteiger partial charge in [-0.05, 0) is 18.1 Å². The second-order valence-electron chi connectivity index (χ2n) is 6.82. The molecule has 0 atom stereocenters. The van der Waals surface area contributed by atoms with Gasteiger partial charge in [-0.25, -0.2) is 4.79 Å². The molecule has 0 spiro atoms. The maximum Gasteiger partial charge on any atom is 0.341 e. The smallest absolute Gasteiger partial charge is 0.341 e. The molecule has 1 saturated heterocycles. The molecule has 4 heterocycles. The van der Waals surface area contributed by atoms with E-state index in [-0.39, 0.29) is 5.56 Å². The standard InChI is InChI=1S/C19H17NO5/c21-17-6-16-14-5-13(10-8-24-9-10)18-12(2-4-25-18)11(14)1-3-20(16)7-15(17)19(22)23/h5-7,10H,1-4,8-9H2,(H,22,23). The predicted molar refractivity (Wildman–Crippen MR) is 89.6 cm³/mol. The Morgan fingerprint density at radius 3 is 2.76 bits per heavy atom. The number of aryl methyl sites for hydroxylation is 1. The summed E-state index contributed by atoms with van der Waals surface area (Å²) in [5, 5.41) is 9.20. The van der Waals surface area contributed by atoms with E-state index in [0.717, 1.165) is 35.4 Å². The molecule has 6 nitrogen and oxygen atoms in total. The Bertz CT molecular complexity index is 971. The summed E-state index contributed by atoms with van der Waals surface area (Å²) in [7, 11) is 0. The van der Waals surface area contributed by atoms with Gasteiger partial charge in [0.2, 0.25) is 0 Å². The van der Waals surface area contributed by atoms with Crippen molar-refractivity contribution in [3.63, 3.8) is 0 Å². The monoisotopic (exact) mass is 339 g/mol. The third-order valence-corrected chi connectivity index (χ3v) is 5.44. The van der Waals surface area contributed by atoms with Crippen molar-refractivity contribution in [3.05, 3.63) is 50.8 Å². The summed E-state index contributed by atoms with van der Waals surface area (Å²) in [6.45, 7) is 2.75. The Kier molecular flexibility index (Phi) is 3.06. The summed E-state index contributed by atoms with van der Waals surface area (Å²) < 4.78 is 13.1. The summed E-state index contributed by atoms with van der Waals surface area (Å²) in [4.78, 5) is 23.5. The first kappa shape index (κ1) is 14.7. The average molecular weight is 339 g/mol. The molecule has 1 N–H and O–H groups in total. The van der Waals surface area contributed by atoms with Crippen LogP contribution in [-0.4, -0.2) is 35.5 Å². The first-order chi connectivity index (χ1) is 12.1. The van der Waals surface area contributed by atoms with E-state index in [0.29, 0.717) is 32.3 Å². The highest BCUT2D eigenvalue weighted by molar-refractivity contribution is 5.88. The molecule has 0 radical (unpaired) electrons. The maximum absolute atomic E-state index is 12.2. The number of ether oxygens (including phenoxy) is 2. The van der Waals surface area contributed by atoms with Crippen LogP contribution in [0.4, 0.5) is 0 Å². The van der Waals surface area contributed by atoms with Crippen molar-refractivity contribution in [1.29, 1.82) is 0 Å². The quantitative estimate of drug-likeness (QED) is 0.903. The Morgan fingerprint density at radius 1 is 1.20 bits per heavy atom. The fourth-order valence-corrected chi connectivity index (χ4v) is 4.09. The molecule has 5 rings (SSSR count). The number of aromatic carboxylic acids is 1. The van der Waals surface area contributed by atoms with Crippen molar-refractivity contribution >= 4 is 5.97 Å². The van der Waals surface area contributed by atoms with Crippen molar-refractivity contribution in [2.45, 2.75) is 25.3 Å². The lowest BCUT2D eigenvalue weighted by Gasteiger charge is -2.31. The SMILES string of the molecule is O=C(O)c1cn2c(cc1=O)-c1cc(C3COC3)c3c(c1CC2)CCO3. The van der Waals surface area contributed by atoms with E-state index in [4.69, 9.17) is 9.47 Å². The number of carboxylic acids is 1. The van der Waals surface area contributed by atoms with Gasteiger partial charge >= 0.3 is 5.97 Å². The lowest BCUT2D eigenvalue weighted by atomic mass is 9.85. The van der Waals surface area contributed by atoms with Gasteiger partial charge in [0, 0.05) is 47.8 Å². The summed E-state index contributed by atoms with van der Waals surface area (Å²) in [6, 6.07) is 3.59. The van der Waals surface area contributed by atoms with Crippen molar-refractivity contribution in [2.24, 2.45) is 0 Å². The molecule has 128 valence electrons. The van der Waals surface area contributed by atoms with E-state index in [1.54, 1.807) is 0 Å². The summed E-state index contributed by atoms with van der Waals surface area (Å²) in [5.74, 6) is 0.156. The molecule has 1 fully saturated rings. The third-order valence-electron chi connectivity index (χ3n) is 5.44. The van der Waals surface area contributed by atoms with Gasteiger partial charge in [0.15, 0.2) is 5.43 Å². The predicted octanol–water partition coefficient (Wildman–Crippen LogP) is 1.82. The Hall–Kier alpha value is -2.60. The van der Waals surface area contributed by atoms with Gasteiger partial charge < -0.3 is 19.1 Å². The van der Waals surface area contributed by atoms with Gasteiger partial charge in [-0.1, -0.05) is 0 Å². The largest absolute Gasteiger partial charge is 0.493 e. The molecule has 1 aromatic heterocycles. The van der Waals surface area contributed by atoms with Crippen molar-refractivity contribution in [2.75, 3.05) is 19.8 Å². The first-order valence-corrected chi connectivity index (χ1v) is 8.51. The van der Waals surface area contributed by atoms with E-state index in [2.05, 4.69) is 6.07 Å². The molecule has 0 unspecified atom stereocenters. The van der Waals surface area contributed by atoms with E-state index >= 15 is 0 Å². The number of benzene rings is 1. The normalized spacial score (nSPS) is 17.9. The number of fused-ring (bicyclic) bond motifs is 5. The molecule has 0 amide bonds. The number of carboxylic acid groups (broad SMARTS) is 1. The first-order valence-electron chi connectivity index (χ1n) is 8.51. The molecule has 3 aliphatic rings. The van der Waals surface area contributed by atoms with Gasteiger partial charge in [0.05, 0.1) is 25.5 Å². The van der Waals surface area contributed by atoms with E-state index in [1.807, 2.05) is 4.57 Å². The maximum atomic E-state index is 12.2. The molecular formula is C19H17NO5. The van der Waals surface area contributed by atoms with Crippen LogP contribution in [0.1, 0.15) is 33.0 Å². The zero-order chi connectivity index (χ0) is 17.1. The second-order valence-corrected chi connectivity index (χ2v) is 6.82. The number of rotatable bonds is 2. The van der Waals surface area contributed by atoms with Crippen molar-refractivity contribution in [3.8, 4) is 17.0 Å². The minimum absolute atomic E-state index is 0.177. The fraction of sp³-hybridized carbons (Fsp3) is 0.368. The molecule has 6 heteroatoms. The van der Waals surface area contributed by atoms with E-state index in [9.17, 15) is 14.7 Å². The molecule has 0 saturated carbocycles. The Balaban J connectivity index is 1.75. The van der Waals surface area contributed by atoms with Gasteiger partial charge in [0.1, 0.15) is 11.3 Å². The van der Waals surface area contributed by atoms with Crippen LogP contribution in [0.5, 0.6) is 5.75 Å². The zero-order valence-corrected chi connectivity index (χ0v) is 13.6. The van der Waals surface area contributed by atoms with E-state index < -0.39 is 11.4 Å². The molecule has 1 aromatic carbocycles. The van der Waals surface area contributed by atoms with Crippen LogP contribution < -0.4 is 10.2 Å². The summed E-state index contributed by atoms with van der Waals surface area (Å²) >= 11 is 0. The van der Waals surface area contributed by atoms with Crippen molar-refractivity contribution in [1.82, 2.24) is 4.57 Å². The lowest BCUT2D eigenvalue weighted by Crippen LogP contribution is -2.26. The van der Waals surface area contributed by atoms with Crippen LogP contribution in [0, 0.1) is 0 Å². The Labute approximate surface area is 143 Å². The minimum Gasteiger partial charge on any atom is -0.493 e. The van der Waals surface area contributed by atoms with Gasteiger partial charge in [-0.2, -0.15) is 0 Å². The number of aromatic nitrogens is 1. The summed E-state index contributed by atoms with van der Waals surface area (Å²) in [6.07, 6.45) is 3.17. The topological polar surface area (TPSA) is 77.8 Å². The van der Waals surface area contributed by atoms with Crippen molar-refractivity contribution < 1.29 is 19.4 Å². The molecule has 2 aromatic rings. The third kappa shape index (κ3) is 2.07. The number of hydrogen-bond donors (Lipinski definition) is 1. The second kappa shape index (κ2) is 5.20. The van der Waals surface area contributed by atoms with Gasteiger partial charge in [0.25, 0.3) is 0 Å². The number of carbonyl (C=O) groups is 1. The zero-order valence-electron chi connectivity index (χ0n) is 13.6. The van der Waals surface area contributed by atoms with Gasteiger partial charge in [-0.15, -0.1) is 0 Å². The molecular weight excluding hydrogens is 322 g/mol. The number of pyridine rings is 1. The van der Waals surface area contributed by atoms with Gasteiger partial charge in [-0.3, -0.25) is 4.79 Å². The molecule has 0 bridgehead atoms. The summed E-state index contributed by atoms with van der Waals surface area (Å²) in [5.41, 5.74) is 4.85. The highest BCUT2D eigenvalue weighted by atomic mass is 16.5. The number of hydrogen-bond acceptors (Lipinski definition) is 4. The molecule has 0 aliphatic carbocycles. The molecule has 25 heavy (non-hydrogen) atoms. The van der Waals surface area contributed by atoms with E-state index in [1.165, 1.54) is 23.4 Å². The fourth-order valence-electron chi connectivity index (χ4n) is 4.09. The van der Waals surface area contributed by atoms with Crippen LogP contribution in [0.15, 0.2) is 23.1 Å². The molecule has 3 aliphatic heterocycles. The number of nitrogens with zero attached hydrogens (tertiary/aromatic N) is 1. The Morgan fingerprint density at radius 2 is 2.04 bits per heavy atom. The average Bonchev–Trinajstić information content (AvgIpc) is 3.02. The van der Waals surface area contributed by atoms with Crippen LogP contribution in [-0.2, 0) is 24.1 Å². The van der Waals surface area contributed by atoms with Crippen LogP contribution in [0.2, 0.25) is 0 Å². The van der Waals surface area contributed by atoms with Crippen LogP contribution in [0.25, 0.3) is 11.3 Å². The highest BCUT2D eigenvalue weighted by Crippen LogP contribution is 2.44. The minimum atomic E-state index is -1.18. The van der Waals surface area contributed by atoms with Crippen LogP contribution >= 0.6 is 0 Å². The highest BCUT2D eigenvalue weighted by Gasteiger charge is 2.32. The van der Waals surface area contributed by atoms with Crippen LogP contribution in [0.3, 0.4) is 0 Å².